The van der Waals surface area contributed by atoms with Crippen molar-refractivity contribution in [1.29, 1.82) is 0 Å². The van der Waals surface area contributed by atoms with Gasteiger partial charge in [-0.05, 0) is 25.7 Å². The number of carbonyl (C=O) groups is 1. The molecule has 1 saturated carbocycles. The summed E-state index contributed by atoms with van der Waals surface area (Å²) >= 11 is 0. The molecule has 1 aliphatic carbocycles. The lowest BCUT2D eigenvalue weighted by atomic mass is 9.92. The normalized spacial score (nSPS) is 29.0. The number of amides is 1. The molecule has 2 aliphatic rings. The zero-order valence-electron chi connectivity index (χ0n) is 11.7. The molecule has 116 valence electrons. The minimum Gasteiger partial charge on any atom is -0.468 e. The molecule has 0 radical (unpaired) electrons. The standard InChI is InChI=1S/C14H17F3N2O2/c1-8-11(10(6-21-8)14(15,16)17)12(20)19-5-9-3-2-4-13(9,18)7-19/h6,9H,2-5,7,18H2,1H3. The predicted octanol–water partition coefficient (Wildman–Crippen LogP) is 2.56. The molecule has 3 rings (SSSR count). The first-order chi connectivity index (χ1) is 9.72. The summed E-state index contributed by atoms with van der Waals surface area (Å²) in [5, 5.41) is 0. The van der Waals surface area contributed by atoms with E-state index in [1.165, 1.54) is 11.8 Å². The topological polar surface area (TPSA) is 59.5 Å². The van der Waals surface area contributed by atoms with Crippen LogP contribution in [-0.4, -0.2) is 29.4 Å². The van der Waals surface area contributed by atoms with Gasteiger partial charge in [-0.15, -0.1) is 0 Å². The van der Waals surface area contributed by atoms with Crippen LogP contribution in [0.1, 0.15) is 40.9 Å². The molecular formula is C14H17F3N2O2. The number of carbonyl (C=O) groups excluding carboxylic acids is 1. The van der Waals surface area contributed by atoms with Gasteiger partial charge in [0.2, 0.25) is 0 Å². The number of hydrogen-bond acceptors (Lipinski definition) is 3. The molecule has 7 heteroatoms. The summed E-state index contributed by atoms with van der Waals surface area (Å²) in [6, 6.07) is 0. The lowest BCUT2D eigenvalue weighted by Gasteiger charge is -2.23. The van der Waals surface area contributed by atoms with Crippen LogP contribution in [0.3, 0.4) is 0 Å². The molecular weight excluding hydrogens is 285 g/mol. The Bertz CT molecular complexity index is 581. The van der Waals surface area contributed by atoms with E-state index < -0.39 is 23.2 Å². The van der Waals surface area contributed by atoms with Gasteiger partial charge in [0.1, 0.15) is 17.6 Å². The van der Waals surface area contributed by atoms with E-state index in [9.17, 15) is 18.0 Å². The van der Waals surface area contributed by atoms with E-state index in [1.807, 2.05) is 0 Å². The third-order valence-electron chi connectivity index (χ3n) is 4.72. The number of furan rings is 1. The molecule has 21 heavy (non-hydrogen) atoms. The summed E-state index contributed by atoms with van der Waals surface area (Å²) in [5.41, 5.74) is 4.44. The highest BCUT2D eigenvalue weighted by atomic mass is 19.4. The molecule has 1 amide bonds. The quantitative estimate of drug-likeness (QED) is 0.867. The molecule has 1 aromatic heterocycles. The van der Waals surface area contributed by atoms with Crippen LogP contribution >= 0.6 is 0 Å². The molecule has 2 N–H and O–H groups in total. The van der Waals surface area contributed by atoms with Crippen molar-refractivity contribution in [3.63, 3.8) is 0 Å². The average Bonchev–Trinajstić information content (AvgIpc) is 2.98. The fourth-order valence-electron chi connectivity index (χ4n) is 3.58. The van der Waals surface area contributed by atoms with Crippen molar-refractivity contribution in [2.45, 2.75) is 37.9 Å². The zero-order valence-corrected chi connectivity index (χ0v) is 11.7. The van der Waals surface area contributed by atoms with Crippen LogP contribution in [0.5, 0.6) is 0 Å². The third-order valence-corrected chi connectivity index (χ3v) is 4.72. The number of nitrogens with two attached hydrogens (primary N) is 1. The lowest BCUT2D eigenvalue weighted by molar-refractivity contribution is -0.138. The Morgan fingerprint density at radius 3 is 2.86 bits per heavy atom. The first kappa shape index (κ1) is 14.4. The molecule has 1 saturated heterocycles. The van der Waals surface area contributed by atoms with E-state index in [2.05, 4.69) is 0 Å². The van der Waals surface area contributed by atoms with Gasteiger partial charge in [-0.25, -0.2) is 0 Å². The summed E-state index contributed by atoms with van der Waals surface area (Å²) in [4.78, 5) is 13.9. The second-order valence-electron chi connectivity index (χ2n) is 6.09. The molecule has 2 atom stereocenters. The van der Waals surface area contributed by atoms with Gasteiger partial charge in [0.25, 0.3) is 5.91 Å². The molecule has 2 heterocycles. The second-order valence-corrected chi connectivity index (χ2v) is 6.09. The Hall–Kier alpha value is -1.50. The number of likely N-dealkylation sites (tertiary alicyclic amines) is 1. The van der Waals surface area contributed by atoms with Crippen LogP contribution in [0.15, 0.2) is 10.7 Å². The molecule has 2 unspecified atom stereocenters. The fraction of sp³-hybridized carbons (Fsp3) is 0.643. The van der Waals surface area contributed by atoms with Crippen LogP contribution in [0, 0.1) is 12.8 Å². The largest absolute Gasteiger partial charge is 0.468 e. The van der Waals surface area contributed by atoms with Gasteiger partial charge in [0, 0.05) is 18.6 Å². The number of aryl methyl sites for hydroxylation is 1. The second kappa shape index (κ2) is 4.50. The van der Waals surface area contributed by atoms with Gasteiger partial charge < -0.3 is 15.1 Å². The molecule has 1 aromatic rings. The van der Waals surface area contributed by atoms with E-state index in [0.29, 0.717) is 19.4 Å². The number of rotatable bonds is 1. The zero-order chi connectivity index (χ0) is 15.4. The Balaban J connectivity index is 1.89. The van der Waals surface area contributed by atoms with Crippen molar-refractivity contribution in [2.24, 2.45) is 11.7 Å². The monoisotopic (exact) mass is 302 g/mol. The first-order valence-corrected chi connectivity index (χ1v) is 6.96. The molecule has 4 nitrogen and oxygen atoms in total. The molecule has 0 bridgehead atoms. The van der Waals surface area contributed by atoms with Gasteiger partial charge in [0.05, 0.1) is 5.56 Å². The predicted molar refractivity (Wildman–Crippen MR) is 68.6 cm³/mol. The minimum absolute atomic E-state index is 0.00421. The van der Waals surface area contributed by atoms with E-state index in [-0.39, 0.29) is 17.2 Å². The van der Waals surface area contributed by atoms with Gasteiger partial charge in [-0.3, -0.25) is 4.79 Å². The van der Waals surface area contributed by atoms with Crippen molar-refractivity contribution in [1.82, 2.24) is 4.90 Å². The summed E-state index contributed by atoms with van der Waals surface area (Å²) < 4.78 is 43.7. The van der Waals surface area contributed by atoms with Crippen molar-refractivity contribution in [3.05, 3.63) is 23.2 Å². The highest BCUT2D eigenvalue weighted by Gasteiger charge is 2.49. The van der Waals surface area contributed by atoms with Crippen molar-refractivity contribution >= 4 is 5.91 Å². The maximum atomic E-state index is 13.0. The number of hydrogen-bond donors (Lipinski definition) is 1. The SMILES string of the molecule is Cc1occ(C(F)(F)F)c1C(=O)N1CC2CCCC2(N)C1. The highest BCUT2D eigenvalue weighted by Crippen LogP contribution is 2.41. The van der Waals surface area contributed by atoms with Crippen LogP contribution in [0.2, 0.25) is 0 Å². The Morgan fingerprint density at radius 2 is 2.24 bits per heavy atom. The Kier molecular flexibility index (Phi) is 3.09. The number of nitrogens with zero attached hydrogens (tertiary/aromatic N) is 1. The van der Waals surface area contributed by atoms with Crippen molar-refractivity contribution < 1.29 is 22.4 Å². The van der Waals surface area contributed by atoms with E-state index >= 15 is 0 Å². The molecule has 1 aliphatic heterocycles. The first-order valence-electron chi connectivity index (χ1n) is 6.96. The average molecular weight is 302 g/mol. The lowest BCUT2D eigenvalue weighted by Crippen LogP contribution is -2.45. The van der Waals surface area contributed by atoms with Crippen LogP contribution < -0.4 is 5.73 Å². The van der Waals surface area contributed by atoms with E-state index in [4.69, 9.17) is 10.2 Å². The third kappa shape index (κ3) is 2.23. The van der Waals surface area contributed by atoms with Crippen LogP contribution in [0.25, 0.3) is 0 Å². The van der Waals surface area contributed by atoms with Gasteiger partial charge >= 0.3 is 6.18 Å². The molecule has 0 spiro atoms. The van der Waals surface area contributed by atoms with Crippen LogP contribution in [-0.2, 0) is 6.18 Å². The summed E-state index contributed by atoms with van der Waals surface area (Å²) in [6.45, 7) is 2.12. The highest BCUT2D eigenvalue weighted by molar-refractivity contribution is 5.97. The number of halogens is 3. The van der Waals surface area contributed by atoms with Gasteiger partial charge in [-0.1, -0.05) is 6.42 Å². The molecule has 2 fully saturated rings. The Labute approximate surface area is 120 Å². The number of fused-ring (bicyclic) bond motifs is 1. The van der Waals surface area contributed by atoms with Crippen molar-refractivity contribution in [3.8, 4) is 0 Å². The smallest absolute Gasteiger partial charge is 0.420 e. The number of alkyl halides is 3. The van der Waals surface area contributed by atoms with E-state index in [0.717, 1.165) is 19.3 Å². The minimum atomic E-state index is -4.60. The van der Waals surface area contributed by atoms with E-state index in [1.54, 1.807) is 0 Å². The molecule has 0 aromatic carbocycles. The van der Waals surface area contributed by atoms with Gasteiger partial charge in [-0.2, -0.15) is 13.2 Å². The van der Waals surface area contributed by atoms with Crippen molar-refractivity contribution in [2.75, 3.05) is 13.1 Å². The van der Waals surface area contributed by atoms with Gasteiger partial charge in [0.15, 0.2) is 0 Å². The summed E-state index contributed by atoms with van der Waals surface area (Å²) in [6.07, 6.45) is -1.23. The fourth-order valence-corrected chi connectivity index (χ4v) is 3.58. The maximum absolute atomic E-state index is 13.0. The van der Waals surface area contributed by atoms with Crippen LogP contribution in [0.4, 0.5) is 13.2 Å². The Morgan fingerprint density at radius 1 is 1.52 bits per heavy atom. The summed E-state index contributed by atoms with van der Waals surface area (Å²) in [7, 11) is 0. The maximum Gasteiger partial charge on any atom is 0.420 e. The summed E-state index contributed by atoms with van der Waals surface area (Å²) in [5.74, 6) is -0.453.